The maximum absolute atomic E-state index is 12.8. The molecular formula is C18H17BrN2O4. The van der Waals surface area contributed by atoms with Crippen molar-refractivity contribution < 1.29 is 19.4 Å². The van der Waals surface area contributed by atoms with Crippen LogP contribution in [0.25, 0.3) is 0 Å². The van der Waals surface area contributed by atoms with Crippen molar-refractivity contribution in [2.24, 2.45) is 0 Å². The van der Waals surface area contributed by atoms with Crippen LogP contribution in [0.3, 0.4) is 0 Å². The third-order valence-corrected chi connectivity index (χ3v) is 4.73. The number of halogens is 1. The number of fused-ring (bicyclic) bond motifs is 1. The SMILES string of the molecule is COc1ccc(N[C@]2([C@@H](O)C(C)=O)C(=O)Nc3cc(Br)ccc32)cc1. The first-order valence-corrected chi connectivity index (χ1v) is 8.40. The van der Waals surface area contributed by atoms with Crippen LogP contribution in [0.1, 0.15) is 12.5 Å². The summed E-state index contributed by atoms with van der Waals surface area (Å²) in [4.78, 5) is 24.8. The van der Waals surface area contributed by atoms with E-state index in [0.29, 0.717) is 22.7 Å². The van der Waals surface area contributed by atoms with Crippen molar-refractivity contribution in [1.29, 1.82) is 0 Å². The molecule has 130 valence electrons. The first-order chi connectivity index (χ1) is 11.9. The van der Waals surface area contributed by atoms with Gasteiger partial charge in [-0.05, 0) is 43.3 Å². The second kappa shape index (κ2) is 6.50. The Kier molecular flexibility index (Phi) is 4.53. The van der Waals surface area contributed by atoms with Crippen molar-refractivity contribution in [2.45, 2.75) is 18.6 Å². The van der Waals surface area contributed by atoms with Crippen molar-refractivity contribution in [1.82, 2.24) is 0 Å². The maximum atomic E-state index is 12.8. The Bertz CT molecular complexity index is 837. The Morgan fingerprint density at radius 1 is 1.28 bits per heavy atom. The lowest BCUT2D eigenvalue weighted by Gasteiger charge is -2.33. The molecule has 7 heteroatoms. The van der Waals surface area contributed by atoms with E-state index < -0.39 is 23.3 Å². The van der Waals surface area contributed by atoms with Crippen LogP contribution >= 0.6 is 15.9 Å². The average molecular weight is 405 g/mol. The predicted octanol–water partition coefficient (Wildman–Crippen LogP) is 2.67. The number of ketones is 1. The van der Waals surface area contributed by atoms with Gasteiger partial charge in [-0.3, -0.25) is 9.59 Å². The van der Waals surface area contributed by atoms with Gasteiger partial charge >= 0.3 is 0 Å². The molecule has 0 radical (unpaired) electrons. The van der Waals surface area contributed by atoms with Crippen LogP contribution in [0.15, 0.2) is 46.9 Å². The van der Waals surface area contributed by atoms with Crippen LogP contribution in [0.4, 0.5) is 11.4 Å². The van der Waals surface area contributed by atoms with E-state index in [0.717, 1.165) is 4.47 Å². The fourth-order valence-corrected chi connectivity index (χ4v) is 3.34. The number of nitrogens with one attached hydrogen (secondary N) is 2. The molecule has 0 aliphatic carbocycles. The number of aliphatic hydroxyl groups excluding tert-OH is 1. The number of carbonyl (C=O) groups excluding carboxylic acids is 2. The number of carbonyl (C=O) groups is 2. The topological polar surface area (TPSA) is 87.7 Å². The lowest BCUT2D eigenvalue weighted by atomic mass is 9.83. The zero-order valence-corrected chi connectivity index (χ0v) is 15.3. The van der Waals surface area contributed by atoms with Gasteiger partial charge in [0.25, 0.3) is 5.91 Å². The minimum atomic E-state index is -1.60. The van der Waals surface area contributed by atoms with Gasteiger partial charge in [0.2, 0.25) is 0 Å². The number of ether oxygens (including phenoxy) is 1. The van der Waals surface area contributed by atoms with Gasteiger partial charge in [-0.25, -0.2) is 0 Å². The quantitative estimate of drug-likeness (QED) is 0.712. The molecule has 2 atom stereocenters. The second-order valence-corrected chi connectivity index (χ2v) is 6.73. The first kappa shape index (κ1) is 17.4. The molecule has 2 aromatic rings. The average Bonchev–Trinajstić information content (AvgIpc) is 2.86. The summed E-state index contributed by atoms with van der Waals surface area (Å²) in [5.41, 5.74) is 0.0307. The number of aliphatic hydroxyl groups is 1. The second-order valence-electron chi connectivity index (χ2n) is 5.82. The Balaban J connectivity index is 2.12. The lowest BCUT2D eigenvalue weighted by Crippen LogP contribution is -2.54. The minimum Gasteiger partial charge on any atom is -0.497 e. The summed E-state index contributed by atoms with van der Waals surface area (Å²) >= 11 is 3.36. The van der Waals surface area contributed by atoms with Crippen molar-refractivity contribution in [3.63, 3.8) is 0 Å². The highest BCUT2D eigenvalue weighted by Gasteiger charge is 2.54. The van der Waals surface area contributed by atoms with E-state index in [2.05, 4.69) is 26.6 Å². The highest BCUT2D eigenvalue weighted by atomic mass is 79.9. The van der Waals surface area contributed by atoms with Gasteiger partial charge in [0.15, 0.2) is 11.3 Å². The number of benzene rings is 2. The molecule has 3 rings (SSSR count). The van der Waals surface area contributed by atoms with Crippen LogP contribution in [0.2, 0.25) is 0 Å². The summed E-state index contributed by atoms with van der Waals surface area (Å²) in [6.45, 7) is 1.26. The summed E-state index contributed by atoms with van der Waals surface area (Å²) in [5, 5.41) is 16.4. The molecule has 1 aliphatic rings. The Morgan fingerprint density at radius 2 is 1.96 bits per heavy atom. The highest BCUT2D eigenvalue weighted by molar-refractivity contribution is 9.10. The first-order valence-electron chi connectivity index (χ1n) is 7.60. The fraction of sp³-hybridized carbons (Fsp3) is 0.222. The highest BCUT2D eigenvalue weighted by Crippen LogP contribution is 2.42. The van der Waals surface area contributed by atoms with Gasteiger partial charge in [0.1, 0.15) is 11.9 Å². The number of anilines is 2. The third kappa shape index (κ3) is 2.89. The number of Topliss-reactive ketones (excluding diaryl/α,β-unsaturated/α-hetero) is 1. The molecule has 0 saturated heterocycles. The molecule has 1 amide bonds. The Labute approximate surface area is 153 Å². The number of hydrogen-bond acceptors (Lipinski definition) is 5. The summed E-state index contributed by atoms with van der Waals surface area (Å²) in [7, 11) is 1.56. The van der Waals surface area contributed by atoms with Crippen molar-refractivity contribution in [2.75, 3.05) is 17.7 Å². The standard InChI is InChI=1S/C18H17BrN2O4/c1-10(22)16(23)18(21-12-4-6-13(25-2)7-5-12)14-8-3-11(19)9-15(14)20-17(18)24/h3-9,16,21,23H,1-2H3,(H,20,24)/t16-,18+/m0/s1. The molecule has 1 aliphatic heterocycles. The van der Waals surface area contributed by atoms with Gasteiger partial charge in [-0.1, -0.05) is 22.0 Å². The third-order valence-electron chi connectivity index (χ3n) is 4.24. The van der Waals surface area contributed by atoms with Crippen LogP contribution in [-0.4, -0.2) is 30.0 Å². The normalized spacial score (nSPS) is 19.8. The van der Waals surface area contributed by atoms with E-state index in [1.807, 2.05) is 0 Å². The van der Waals surface area contributed by atoms with Crippen LogP contribution in [0.5, 0.6) is 5.75 Å². The molecule has 1 heterocycles. The van der Waals surface area contributed by atoms with E-state index >= 15 is 0 Å². The number of amides is 1. The fourth-order valence-electron chi connectivity index (χ4n) is 2.98. The molecule has 0 spiro atoms. The molecule has 0 bridgehead atoms. The van der Waals surface area contributed by atoms with E-state index in [1.54, 1.807) is 49.6 Å². The smallest absolute Gasteiger partial charge is 0.258 e. The molecule has 3 N–H and O–H groups in total. The molecule has 0 aromatic heterocycles. The largest absolute Gasteiger partial charge is 0.497 e. The van der Waals surface area contributed by atoms with E-state index in [9.17, 15) is 14.7 Å². The lowest BCUT2D eigenvalue weighted by molar-refractivity contribution is -0.135. The molecule has 25 heavy (non-hydrogen) atoms. The van der Waals surface area contributed by atoms with E-state index in [-0.39, 0.29) is 0 Å². The van der Waals surface area contributed by atoms with Gasteiger partial charge in [0.05, 0.1) is 7.11 Å². The molecule has 6 nitrogen and oxygen atoms in total. The summed E-state index contributed by atoms with van der Waals surface area (Å²) in [6.07, 6.45) is -1.54. The monoisotopic (exact) mass is 404 g/mol. The summed E-state index contributed by atoms with van der Waals surface area (Å²) in [6, 6.07) is 12.1. The number of methoxy groups -OCH3 is 1. The van der Waals surface area contributed by atoms with Crippen molar-refractivity contribution >= 4 is 39.0 Å². The summed E-state index contributed by atoms with van der Waals surface area (Å²) < 4.78 is 5.91. The predicted molar refractivity (Wildman–Crippen MR) is 97.8 cm³/mol. The number of hydrogen-bond donors (Lipinski definition) is 3. The minimum absolute atomic E-state index is 0.487. The molecule has 2 aromatic carbocycles. The van der Waals surface area contributed by atoms with Crippen LogP contribution in [0, 0.1) is 0 Å². The zero-order valence-electron chi connectivity index (χ0n) is 13.7. The van der Waals surface area contributed by atoms with Crippen molar-refractivity contribution in [3.05, 3.63) is 52.5 Å². The van der Waals surface area contributed by atoms with Crippen molar-refractivity contribution in [3.8, 4) is 5.75 Å². The molecular weight excluding hydrogens is 388 g/mol. The van der Waals surface area contributed by atoms with E-state index in [4.69, 9.17) is 4.74 Å². The van der Waals surface area contributed by atoms with Gasteiger partial charge in [0, 0.05) is 21.4 Å². The van der Waals surface area contributed by atoms with E-state index in [1.165, 1.54) is 6.92 Å². The van der Waals surface area contributed by atoms with Gasteiger partial charge in [-0.15, -0.1) is 0 Å². The van der Waals surface area contributed by atoms with Gasteiger partial charge < -0.3 is 20.5 Å². The Morgan fingerprint density at radius 3 is 2.56 bits per heavy atom. The number of rotatable bonds is 5. The Hall–Kier alpha value is -2.38. The molecule has 0 unspecified atom stereocenters. The molecule has 0 saturated carbocycles. The van der Waals surface area contributed by atoms with Crippen LogP contribution < -0.4 is 15.4 Å². The zero-order chi connectivity index (χ0) is 18.2. The van der Waals surface area contributed by atoms with Crippen LogP contribution in [-0.2, 0) is 15.1 Å². The molecule has 0 fully saturated rings. The van der Waals surface area contributed by atoms with Gasteiger partial charge in [-0.2, -0.15) is 0 Å². The maximum Gasteiger partial charge on any atom is 0.258 e. The summed E-state index contributed by atoms with van der Waals surface area (Å²) in [5.74, 6) is -0.335.